The van der Waals surface area contributed by atoms with Gasteiger partial charge in [-0.2, -0.15) is 0 Å². The highest BCUT2D eigenvalue weighted by molar-refractivity contribution is 7.18. The normalized spacial score (nSPS) is 17.5. The van der Waals surface area contributed by atoms with Gasteiger partial charge in [0.15, 0.2) is 0 Å². The van der Waals surface area contributed by atoms with Crippen LogP contribution in [-0.2, 0) is 12.8 Å². The Bertz CT molecular complexity index is 1220. The second-order valence-corrected chi connectivity index (χ2v) is 9.74. The lowest BCUT2D eigenvalue weighted by atomic mass is 9.72. The molecule has 1 aromatic carbocycles. The van der Waals surface area contributed by atoms with Gasteiger partial charge < -0.3 is 9.97 Å². The molecule has 0 radical (unpaired) electrons. The molecule has 3 heterocycles. The fraction of sp³-hybridized carbons (Fsp3) is 0.364. The van der Waals surface area contributed by atoms with Crippen LogP contribution in [0.1, 0.15) is 37.6 Å². The molecule has 4 nitrogen and oxygen atoms in total. The molecule has 3 aromatic heterocycles. The maximum absolute atomic E-state index is 12.9. The van der Waals surface area contributed by atoms with Crippen LogP contribution in [0.4, 0.5) is 0 Å². The number of thiophene rings is 1. The molecule has 0 aliphatic heterocycles. The van der Waals surface area contributed by atoms with Crippen molar-refractivity contribution in [2.45, 2.75) is 40.0 Å². The molecule has 1 unspecified atom stereocenters. The molecule has 0 spiro atoms. The largest absolute Gasteiger partial charge is 0.360 e. The minimum Gasteiger partial charge on any atom is -0.360 e. The van der Waals surface area contributed by atoms with Crippen LogP contribution in [0.25, 0.3) is 32.5 Å². The smallest absolute Gasteiger partial charge is 0.260 e. The lowest BCUT2D eigenvalue weighted by Crippen LogP contribution is -2.26. The molecule has 27 heavy (non-hydrogen) atoms. The van der Waals surface area contributed by atoms with E-state index in [1.807, 2.05) is 24.4 Å². The number of fused-ring (bicyclic) bond motifs is 4. The lowest BCUT2D eigenvalue weighted by Gasteiger charge is -2.33. The number of aromatic nitrogens is 3. The van der Waals surface area contributed by atoms with Crippen LogP contribution in [0.5, 0.6) is 0 Å². The summed E-state index contributed by atoms with van der Waals surface area (Å²) in [7, 11) is 0. The monoisotopic (exact) mass is 377 g/mol. The summed E-state index contributed by atoms with van der Waals surface area (Å²) in [6, 6.07) is 8.10. The molecule has 138 valence electrons. The second-order valence-electron chi connectivity index (χ2n) is 8.65. The zero-order chi connectivity index (χ0) is 18.8. The van der Waals surface area contributed by atoms with E-state index in [2.05, 4.69) is 36.8 Å². The number of hydrogen-bond donors (Lipinski definition) is 2. The van der Waals surface area contributed by atoms with Crippen molar-refractivity contribution in [1.29, 1.82) is 0 Å². The minimum absolute atomic E-state index is 0.00742. The standard InChI is InChI=1S/C22H23N3OS/c1-22(2,3)12-8-9-14-17(10-12)27-21-18(14)20(26)24-19(25-21)15-11-23-16-7-5-4-6-13(15)16/h4-7,11-12,23H,8-10H2,1-3H3,(H,24,25,26). The Morgan fingerprint density at radius 3 is 2.85 bits per heavy atom. The molecule has 0 fully saturated rings. The SMILES string of the molecule is CC(C)(C)C1CCc2c(sc3nc(-c4c[nH]c5ccccc45)[nH]c(=O)c23)C1. The third kappa shape index (κ3) is 2.64. The molecule has 1 aliphatic carbocycles. The van der Waals surface area contributed by atoms with Crippen LogP contribution in [-0.4, -0.2) is 15.0 Å². The first-order chi connectivity index (χ1) is 12.9. The fourth-order valence-corrected chi connectivity index (χ4v) is 5.62. The van der Waals surface area contributed by atoms with E-state index in [4.69, 9.17) is 4.98 Å². The van der Waals surface area contributed by atoms with Crippen molar-refractivity contribution in [3.8, 4) is 11.4 Å². The Hall–Kier alpha value is -2.40. The van der Waals surface area contributed by atoms with E-state index in [0.29, 0.717) is 17.2 Å². The van der Waals surface area contributed by atoms with E-state index in [1.54, 1.807) is 11.3 Å². The third-order valence-electron chi connectivity index (χ3n) is 5.99. The van der Waals surface area contributed by atoms with E-state index in [9.17, 15) is 4.79 Å². The lowest BCUT2D eigenvalue weighted by molar-refractivity contribution is 0.218. The van der Waals surface area contributed by atoms with Crippen LogP contribution < -0.4 is 5.56 Å². The van der Waals surface area contributed by atoms with Gasteiger partial charge >= 0.3 is 0 Å². The predicted octanol–water partition coefficient (Wildman–Crippen LogP) is 5.28. The van der Waals surface area contributed by atoms with Crippen molar-refractivity contribution < 1.29 is 0 Å². The fourth-order valence-electron chi connectivity index (χ4n) is 4.32. The molecular weight excluding hydrogens is 354 g/mol. The summed E-state index contributed by atoms with van der Waals surface area (Å²) in [4.78, 5) is 26.3. The Kier molecular flexibility index (Phi) is 3.60. The van der Waals surface area contributed by atoms with Crippen LogP contribution in [0.15, 0.2) is 35.3 Å². The average molecular weight is 378 g/mol. The molecule has 0 bridgehead atoms. The van der Waals surface area contributed by atoms with E-state index < -0.39 is 0 Å². The topological polar surface area (TPSA) is 61.5 Å². The number of nitrogens with zero attached hydrogens (tertiary/aromatic N) is 1. The van der Waals surface area contributed by atoms with Crippen molar-refractivity contribution in [2.24, 2.45) is 11.3 Å². The molecule has 5 rings (SSSR count). The summed E-state index contributed by atoms with van der Waals surface area (Å²) >= 11 is 1.71. The van der Waals surface area contributed by atoms with Gasteiger partial charge in [-0.25, -0.2) is 4.98 Å². The molecule has 2 N–H and O–H groups in total. The first kappa shape index (κ1) is 16.8. The molecular formula is C22H23N3OS. The zero-order valence-electron chi connectivity index (χ0n) is 15.8. The van der Waals surface area contributed by atoms with Gasteiger partial charge in [0.2, 0.25) is 0 Å². The molecule has 0 saturated heterocycles. The van der Waals surface area contributed by atoms with Gasteiger partial charge in [0.25, 0.3) is 5.56 Å². The number of nitrogens with one attached hydrogen (secondary N) is 2. The Morgan fingerprint density at radius 2 is 2.04 bits per heavy atom. The Labute approximate surface area is 161 Å². The summed E-state index contributed by atoms with van der Waals surface area (Å²) in [5.41, 5.74) is 3.52. The number of benzene rings is 1. The number of hydrogen-bond acceptors (Lipinski definition) is 3. The minimum atomic E-state index is -0.00742. The highest BCUT2D eigenvalue weighted by Gasteiger charge is 2.31. The van der Waals surface area contributed by atoms with Gasteiger partial charge in [-0.1, -0.05) is 39.0 Å². The summed E-state index contributed by atoms with van der Waals surface area (Å²) in [6.45, 7) is 6.95. The Balaban J connectivity index is 1.66. The van der Waals surface area contributed by atoms with Crippen LogP contribution in [0.3, 0.4) is 0 Å². The maximum atomic E-state index is 12.9. The van der Waals surface area contributed by atoms with E-state index >= 15 is 0 Å². The van der Waals surface area contributed by atoms with Crippen molar-refractivity contribution >= 4 is 32.5 Å². The quantitative estimate of drug-likeness (QED) is 0.474. The number of rotatable bonds is 1. The first-order valence-electron chi connectivity index (χ1n) is 9.53. The van der Waals surface area contributed by atoms with Gasteiger partial charge in [0, 0.05) is 27.5 Å². The summed E-state index contributed by atoms with van der Waals surface area (Å²) < 4.78 is 0. The average Bonchev–Trinajstić information content (AvgIpc) is 3.21. The van der Waals surface area contributed by atoms with Crippen molar-refractivity contribution in [3.63, 3.8) is 0 Å². The third-order valence-corrected chi connectivity index (χ3v) is 7.14. The summed E-state index contributed by atoms with van der Waals surface area (Å²) in [5, 5.41) is 1.89. The zero-order valence-corrected chi connectivity index (χ0v) is 16.7. The highest BCUT2D eigenvalue weighted by Crippen LogP contribution is 2.42. The number of para-hydroxylation sites is 1. The van der Waals surface area contributed by atoms with Gasteiger partial charge in [-0.3, -0.25) is 4.79 Å². The van der Waals surface area contributed by atoms with Crippen molar-refractivity contribution in [1.82, 2.24) is 15.0 Å². The molecule has 0 saturated carbocycles. The Morgan fingerprint density at radius 1 is 1.22 bits per heavy atom. The number of H-pyrrole nitrogens is 2. The second kappa shape index (κ2) is 5.80. The van der Waals surface area contributed by atoms with Crippen molar-refractivity contribution in [3.05, 3.63) is 51.3 Å². The van der Waals surface area contributed by atoms with E-state index in [-0.39, 0.29) is 5.56 Å². The molecule has 4 aromatic rings. The first-order valence-corrected chi connectivity index (χ1v) is 10.3. The van der Waals surface area contributed by atoms with Gasteiger partial charge in [-0.15, -0.1) is 11.3 Å². The predicted molar refractivity (Wildman–Crippen MR) is 113 cm³/mol. The molecule has 5 heteroatoms. The molecule has 1 aliphatic rings. The molecule has 0 amide bonds. The summed E-state index contributed by atoms with van der Waals surface area (Å²) in [6.07, 6.45) is 5.11. The van der Waals surface area contributed by atoms with Crippen molar-refractivity contribution in [2.75, 3.05) is 0 Å². The molecule has 1 atom stereocenters. The van der Waals surface area contributed by atoms with Crippen LogP contribution >= 0.6 is 11.3 Å². The number of aryl methyl sites for hydroxylation is 1. The highest BCUT2D eigenvalue weighted by atomic mass is 32.1. The van der Waals surface area contributed by atoms with Gasteiger partial charge in [0.1, 0.15) is 10.7 Å². The summed E-state index contributed by atoms with van der Waals surface area (Å²) in [5.74, 6) is 1.31. The van der Waals surface area contributed by atoms with Gasteiger partial charge in [0.05, 0.1) is 5.39 Å². The van der Waals surface area contributed by atoms with E-state index in [0.717, 1.165) is 45.9 Å². The van der Waals surface area contributed by atoms with Gasteiger partial charge in [-0.05, 0) is 42.2 Å². The van der Waals surface area contributed by atoms with E-state index in [1.165, 1.54) is 10.4 Å². The number of aromatic amines is 2. The van der Waals surface area contributed by atoms with Crippen LogP contribution in [0.2, 0.25) is 0 Å². The maximum Gasteiger partial charge on any atom is 0.260 e. The van der Waals surface area contributed by atoms with Crippen LogP contribution in [0, 0.1) is 11.3 Å².